The Balaban J connectivity index is 0.00000338. The molecule has 6 nitrogen and oxygen atoms in total. The van der Waals surface area contributed by atoms with Gasteiger partial charge in [0.25, 0.3) is 0 Å². The molecule has 1 saturated heterocycles. The van der Waals surface area contributed by atoms with Gasteiger partial charge in [0.15, 0.2) is 0 Å². The number of methoxy groups -OCH3 is 1. The Morgan fingerprint density at radius 1 is 1.27 bits per heavy atom. The van der Waals surface area contributed by atoms with Crippen molar-refractivity contribution >= 4 is 22.4 Å². The molecule has 1 fully saturated rings. The second-order valence-electron chi connectivity index (χ2n) is 5.74. The van der Waals surface area contributed by atoms with Crippen LogP contribution in [0, 0.1) is 0 Å². The highest BCUT2D eigenvalue weighted by molar-refractivity contribution is 7.89. The van der Waals surface area contributed by atoms with Gasteiger partial charge in [-0.1, -0.05) is 18.2 Å². The molecule has 0 spiro atoms. The van der Waals surface area contributed by atoms with Crippen molar-refractivity contribution in [2.24, 2.45) is 0 Å². The number of benzene rings is 1. The minimum absolute atomic E-state index is 0. The first-order valence-corrected chi connectivity index (χ1v) is 9.32. The number of ether oxygens (including phenoxy) is 1. The topological polar surface area (TPSA) is 70.7 Å². The molecule has 1 unspecified atom stereocenters. The molecule has 1 aromatic carbocycles. The molecule has 1 aliphatic heterocycles. The Kier molecular flexibility index (Phi) is 8.77. The molecule has 0 radical (unpaired) electrons. The molecule has 1 atom stereocenters. The normalized spacial score (nSPS) is 17.5. The van der Waals surface area contributed by atoms with Crippen molar-refractivity contribution in [1.29, 1.82) is 0 Å². The van der Waals surface area contributed by atoms with E-state index in [4.69, 9.17) is 4.74 Å². The van der Waals surface area contributed by atoms with Crippen LogP contribution in [0.1, 0.15) is 5.56 Å². The van der Waals surface area contributed by atoms with E-state index < -0.39 is 28.8 Å². The number of nitrogens with zero attached hydrogens (tertiary/aromatic N) is 1. The summed E-state index contributed by atoms with van der Waals surface area (Å²) in [6.07, 6.45) is -4.52. The SMILES string of the molecule is COCc1ccccc1S(=O)(=O)NCC(N1CCNCC1)C(F)(F)F.Cl. The van der Waals surface area contributed by atoms with Gasteiger partial charge in [0.05, 0.1) is 11.5 Å². The second-order valence-corrected chi connectivity index (χ2v) is 7.47. The molecule has 11 heteroatoms. The zero-order chi connectivity index (χ0) is 18.5. The van der Waals surface area contributed by atoms with E-state index in [2.05, 4.69) is 10.0 Å². The number of alkyl halides is 3. The first kappa shape index (κ1) is 23.1. The van der Waals surface area contributed by atoms with Crippen LogP contribution in [0.25, 0.3) is 0 Å². The minimum atomic E-state index is -4.52. The van der Waals surface area contributed by atoms with Crippen LogP contribution in [0.15, 0.2) is 29.2 Å². The number of sulfonamides is 1. The lowest BCUT2D eigenvalue weighted by molar-refractivity contribution is -0.182. The van der Waals surface area contributed by atoms with Crippen molar-refractivity contribution in [3.05, 3.63) is 29.8 Å². The largest absolute Gasteiger partial charge is 0.405 e. The lowest BCUT2D eigenvalue weighted by atomic mass is 10.2. The Hall–Kier alpha value is -0.910. The van der Waals surface area contributed by atoms with Crippen LogP contribution < -0.4 is 10.0 Å². The second kappa shape index (κ2) is 9.86. The van der Waals surface area contributed by atoms with E-state index >= 15 is 0 Å². The zero-order valence-corrected chi connectivity index (χ0v) is 15.9. The predicted molar refractivity (Wildman–Crippen MR) is 93.9 cm³/mol. The quantitative estimate of drug-likeness (QED) is 0.701. The highest BCUT2D eigenvalue weighted by Gasteiger charge is 2.44. The summed E-state index contributed by atoms with van der Waals surface area (Å²) in [5.41, 5.74) is 0.392. The first-order valence-electron chi connectivity index (χ1n) is 7.83. The van der Waals surface area contributed by atoms with Crippen LogP contribution in [0.2, 0.25) is 0 Å². The van der Waals surface area contributed by atoms with Crippen LogP contribution in [0.4, 0.5) is 13.2 Å². The maximum atomic E-state index is 13.4. The number of hydrogen-bond donors (Lipinski definition) is 2. The number of hydrogen-bond acceptors (Lipinski definition) is 5. The molecular formula is C15H23ClF3N3O3S. The highest BCUT2D eigenvalue weighted by Crippen LogP contribution is 2.25. The van der Waals surface area contributed by atoms with Crippen molar-refractivity contribution in [2.75, 3.05) is 39.8 Å². The van der Waals surface area contributed by atoms with E-state index in [1.54, 1.807) is 12.1 Å². The first-order chi connectivity index (χ1) is 11.8. The third-order valence-electron chi connectivity index (χ3n) is 4.00. The number of rotatable bonds is 7. The van der Waals surface area contributed by atoms with Gasteiger partial charge in [-0.05, 0) is 11.6 Å². The lowest BCUT2D eigenvalue weighted by Crippen LogP contribution is -2.57. The van der Waals surface area contributed by atoms with Gasteiger partial charge in [0.2, 0.25) is 10.0 Å². The van der Waals surface area contributed by atoms with E-state index in [1.165, 1.54) is 24.1 Å². The summed E-state index contributed by atoms with van der Waals surface area (Å²) in [7, 11) is -2.66. The molecule has 0 bridgehead atoms. The molecule has 1 aliphatic rings. The zero-order valence-electron chi connectivity index (χ0n) is 14.3. The van der Waals surface area contributed by atoms with E-state index in [1.807, 2.05) is 0 Å². The van der Waals surface area contributed by atoms with E-state index in [9.17, 15) is 21.6 Å². The monoisotopic (exact) mass is 417 g/mol. The molecule has 0 aliphatic carbocycles. The molecule has 2 N–H and O–H groups in total. The summed E-state index contributed by atoms with van der Waals surface area (Å²) in [5, 5.41) is 2.98. The van der Waals surface area contributed by atoms with Gasteiger partial charge in [-0.3, -0.25) is 4.90 Å². The molecule has 2 rings (SSSR count). The number of halogens is 4. The Morgan fingerprint density at radius 3 is 2.46 bits per heavy atom. The van der Waals surface area contributed by atoms with Crippen LogP contribution >= 0.6 is 12.4 Å². The van der Waals surface area contributed by atoms with Gasteiger partial charge in [-0.25, -0.2) is 13.1 Å². The summed E-state index contributed by atoms with van der Waals surface area (Å²) in [5.74, 6) is 0. The average Bonchev–Trinajstić information content (AvgIpc) is 2.55. The fourth-order valence-corrected chi connectivity index (χ4v) is 4.02. The molecule has 0 aromatic heterocycles. The van der Waals surface area contributed by atoms with Crippen LogP contribution in [0.3, 0.4) is 0 Å². The van der Waals surface area contributed by atoms with Gasteiger partial charge in [-0.15, -0.1) is 12.4 Å². The highest BCUT2D eigenvalue weighted by atomic mass is 35.5. The van der Waals surface area contributed by atoms with E-state index in [0.29, 0.717) is 18.7 Å². The predicted octanol–water partition coefficient (Wildman–Crippen LogP) is 1.37. The summed E-state index contributed by atoms with van der Waals surface area (Å²) in [6, 6.07) is 4.22. The third-order valence-corrected chi connectivity index (χ3v) is 5.52. The maximum absolute atomic E-state index is 13.4. The van der Waals surface area contributed by atoms with Gasteiger partial charge >= 0.3 is 6.18 Å². The molecule has 26 heavy (non-hydrogen) atoms. The fraction of sp³-hybridized carbons (Fsp3) is 0.600. The smallest absolute Gasteiger partial charge is 0.380 e. The average molecular weight is 418 g/mol. The molecule has 1 aromatic rings. The molecular weight excluding hydrogens is 395 g/mol. The Bertz CT molecular complexity index is 668. The lowest BCUT2D eigenvalue weighted by Gasteiger charge is -2.35. The molecule has 0 amide bonds. The summed E-state index contributed by atoms with van der Waals surface area (Å²) in [4.78, 5) is 1.18. The minimum Gasteiger partial charge on any atom is -0.380 e. The number of piperazine rings is 1. The van der Waals surface area contributed by atoms with Crippen molar-refractivity contribution in [3.63, 3.8) is 0 Å². The third kappa shape index (κ3) is 6.07. The van der Waals surface area contributed by atoms with Gasteiger partial charge < -0.3 is 10.1 Å². The number of nitrogens with one attached hydrogen (secondary N) is 2. The standard InChI is InChI=1S/C15H22F3N3O3S.ClH/c1-24-11-12-4-2-3-5-13(12)25(22,23)20-10-14(15(16,17)18)21-8-6-19-7-9-21;/h2-5,14,19-20H,6-11H2,1H3;1H. The molecule has 0 saturated carbocycles. The molecule has 1 heterocycles. The van der Waals surface area contributed by atoms with Crippen LogP contribution in [-0.2, 0) is 21.4 Å². The van der Waals surface area contributed by atoms with Crippen LogP contribution in [-0.4, -0.2) is 65.4 Å². The van der Waals surface area contributed by atoms with E-state index in [0.717, 1.165) is 0 Å². The molecule has 150 valence electrons. The van der Waals surface area contributed by atoms with Gasteiger partial charge in [-0.2, -0.15) is 13.2 Å². The summed E-state index contributed by atoms with van der Waals surface area (Å²) in [6.45, 7) is 0.634. The van der Waals surface area contributed by atoms with Crippen molar-refractivity contribution in [2.45, 2.75) is 23.7 Å². The Labute approximate surface area is 157 Å². The van der Waals surface area contributed by atoms with Crippen molar-refractivity contribution in [3.8, 4) is 0 Å². The van der Waals surface area contributed by atoms with Crippen molar-refractivity contribution < 1.29 is 26.3 Å². The van der Waals surface area contributed by atoms with Gasteiger partial charge in [0, 0.05) is 39.8 Å². The Morgan fingerprint density at radius 2 is 1.88 bits per heavy atom. The fourth-order valence-electron chi connectivity index (χ4n) is 2.75. The van der Waals surface area contributed by atoms with E-state index in [-0.39, 0.29) is 37.0 Å². The summed E-state index contributed by atoms with van der Waals surface area (Å²) < 4.78 is 72.1. The van der Waals surface area contributed by atoms with Crippen molar-refractivity contribution in [1.82, 2.24) is 14.9 Å². The summed E-state index contributed by atoms with van der Waals surface area (Å²) >= 11 is 0. The van der Waals surface area contributed by atoms with Crippen LogP contribution in [0.5, 0.6) is 0 Å². The van der Waals surface area contributed by atoms with Gasteiger partial charge in [0.1, 0.15) is 6.04 Å². The maximum Gasteiger partial charge on any atom is 0.405 e.